The largest absolute Gasteiger partial charge is 0.462 e. The molecule has 1 aromatic heterocycles. The number of aryl methyl sites for hydroxylation is 1. The van der Waals surface area contributed by atoms with E-state index >= 15 is 0 Å². The molecule has 0 saturated carbocycles. The maximum absolute atomic E-state index is 13.4. The van der Waals surface area contributed by atoms with Crippen LogP contribution >= 0.6 is 11.6 Å². The van der Waals surface area contributed by atoms with Gasteiger partial charge in [-0.05, 0) is 25.5 Å². The molecule has 0 amide bonds. The number of fused-ring (bicyclic) bond motifs is 1. The number of methoxy groups -OCH3 is 1. The van der Waals surface area contributed by atoms with Crippen molar-refractivity contribution in [1.82, 2.24) is 4.57 Å². The average Bonchev–Trinajstić information content (AvgIpc) is 2.67. The number of hydrogen-bond donors (Lipinski definition) is 1. The molecular formula is C21H23ClN2O5. The number of aromatic nitrogens is 1. The lowest BCUT2D eigenvalue weighted by molar-refractivity contribution is -0.139. The molecule has 1 aliphatic rings. The van der Waals surface area contributed by atoms with Gasteiger partial charge in [0.1, 0.15) is 11.3 Å². The summed E-state index contributed by atoms with van der Waals surface area (Å²) in [5.41, 5.74) is 7.43. The lowest BCUT2D eigenvalue weighted by Gasteiger charge is -2.29. The van der Waals surface area contributed by atoms with Crippen LogP contribution in [0.15, 0.2) is 46.6 Å². The normalized spacial score (nSPS) is 15.7. The van der Waals surface area contributed by atoms with E-state index in [-0.39, 0.29) is 29.2 Å². The van der Waals surface area contributed by atoms with Crippen LogP contribution in [-0.4, -0.2) is 30.9 Å². The van der Waals surface area contributed by atoms with E-state index in [9.17, 15) is 9.59 Å². The summed E-state index contributed by atoms with van der Waals surface area (Å²) in [5.74, 6) is -1.26. The Kier molecular flexibility index (Phi) is 6.30. The number of rotatable bonds is 6. The minimum absolute atomic E-state index is 0.0618. The van der Waals surface area contributed by atoms with E-state index in [1.807, 2.05) is 0 Å². The fraction of sp³-hybridized carbons (Fsp3) is 0.333. The van der Waals surface area contributed by atoms with Gasteiger partial charge < -0.3 is 24.5 Å². The van der Waals surface area contributed by atoms with Crippen molar-refractivity contribution >= 4 is 17.6 Å². The van der Waals surface area contributed by atoms with E-state index in [4.69, 9.17) is 31.5 Å². The molecule has 1 aliphatic heterocycles. The number of hydrogen-bond acceptors (Lipinski definition) is 6. The van der Waals surface area contributed by atoms with E-state index in [2.05, 4.69) is 0 Å². The van der Waals surface area contributed by atoms with Gasteiger partial charge in [0.25, 0.3) is 5.56 Å². The van der Waals surface area contributed by atoms with E-state index in [1.54, 1.807) is 55.9 Å². The predicted molar refractivity (Wildman–Crippen MR) is 109 cm³/mol. The van der Waals surface area contributed by atoms with Gasteiger partial charge in [0.05, 0.1) is 24.7 Å². The zero-order valence-electron chi connectivity index (χ0n) is 16.5. The summed E-state index contributed by atoms with van der Waals surface area (Å²) in [5, 5.41) is 0.406. The highest BCUT2D eigenvalue weighted by atomic mass is 35.5. The molecule has 2 heterocycles. The number of ether oxygens (including phenoxy) is 3. The molecule has 0 bridgehead atoms. The Labute approximate surface area is 173 Å². The Morgan fingerprint density at radius 3 is 2.72 bits per heavy atom. The molecule has 1 atom stereocenters. The van der Waals surface area contributed by atoms with Crippen LogP contribution in [0.25, 0.3) is 0 Å². The van der Waals surface area contributed by atoms with E-state index in [1.165, 1.54) is 0 Å². The summed E-state index contributed by atoms with van der Waals surface area (Å²) < 4.78 is 17.6. The highest BCUT2D eigenvalue weighted by Gasteiger charge is 2.39. The molecule has 1 aromatic carbocycles. The van der Waals surface area contributed by atoms with Crippen molar-refractivity contribution in [3.8, 4) is 5.75 Å². The van der Waals surface area contributed by atoms with Crippen LogP contribution in [0, 0.1) is 6.92 Å². The van der Waals surface area contributed by atoms with Crippen molar-refractivity contribution in [3.05, 3.63) is 74.0 Å². The van der Waals surface area contributed by atoms with Gasteiger partial charge in [-0.25, -0.2) is 4.79 Å². The summed E-state index contributed by atoms with van der Waals surface area (Å²) in [6, 6.07) is 8.74. The second-order valence-corrected chi connectivity index (χ2v) is 6.98. The topological polar surface area (TPSA) is 92.8 Å². The Balaban J connectivity index is 2.30. The molecular weight excluding hydrogens is 396 g/mol. The first-order valence-electron chi connectivity index (χ1n) is 9.23. The van der Waals surface area contributed by atoms with Crippen molar-refractivity contribution in [2.45, 2.75) is 26.3 Å². The second-order valence-electron chi connectivity index (χ2n) is 6.57. The highest BCUT2D eigenvalue weighted by Crippen LogP contribution is 2.43. The van der Waals surface area contributed by atoms with Gasteiger partial charge >= 0.3 is 5.97 Å². The van der Waals surface area contributed by atoms with Gasteiger partial charge in [-0.15, -0.1) is 0 Å². The molecule has 0 spiro atoms. The molecule has 3 rings (SSSR count). The maximum Gasteiger partial charge on any atom is 0.340 e. The van der Waals surface area contributed by atoms with Crippen LogP contribution in [0.4, 0.5) is 0 Å². The van der Waals surface area contributed by atoms with E-state index in [0.717, 1.165) is 0 Å². The fourth-order valence-corrected chi connectivity index (χ4v) is 3.72. The van der Waals surface area contributed by atoms with Gasteiger partial charge in [0.2, 0.25) is 5.88 Å². The van der Waals surface area contributed by atoms with E-state index in [0.29, 0.717) is 35.2 Å². The Bertz CT molecular complexity index is 1030. The molecule has 0 fully saturated rings. The van der Waals surface area contributed by atoms with Gasteiger partial charge in [-0.2, -0.15) is 0 Å². The van der Waals surface area contributed by atoms with Gasteiger partial charge in [-0.3, -0.25) is 4.79 Å². The van der Waals surface area contributed by atoms with Crippen LogP contribution in [0.1, 0.15) is 29.7 Å². The third-order valence-corrected chi connectivity index (χ3v) is 5.14. The van der Waals surface area contributed by atoms with Crippen LogP contribution < -0.4 is 16.0 Å². The minimum atomic E-state index is -0.812. The number of benzene rings is 1. The third kappa shape index (κ3) is 3.88. The number of carbonyl (C=O) groups excluding carboxylic acids is 1. The smallest absolute Gasteiger partial charge is 0.340 e. The number of halogens is 1. The lowest BCUT2D eigenvalue weighted by atomic mass is 9.83. The molecule has 29 heavy (non-hydrogen) atoms. The monoisotopic (exact) mass is 418 g/mol. The standard InChI is InChI=1S/C21H23ClN2O5/c1-4-28-21(26)18-16(13-7-5-6-8-14(13)22)17-15(29-19(18)23)11-12(2)24(20(17)25)9-10-27-3/h5-8,11,16H,4,9-10,23H2,1-3H3/t16-/m1/s1. The SMILES string of the molecule is CCOC(=O)C1=C(N)Oc2cc(C)n(CCOC)c(=O)c2[C@H]1c1ccccc1Cl. The number of esters is 1. The Hall–Kier alpha value is -2.77. The molecule has 154 valence electrons. The molecule has 0 aliphatic carbocycles. The van der Waals surface area contributed by atoms with E-state index < -0.39 is 11.9 Å². The van der Waals surface area contributed by atoms with Gasteiger partial charge in [0.15, 0.2) is 0 Å². The molecule has 2 N–H and O–H groups in total. The number of nitrogens with two attached hydrogens (primary N) is 1. The predicted octanol–water partition coefficient (Wildman–Crippen LogP) is 2.71. The van der Waals surface area contributed by atoms with Crippen molar-refractivity contribution in [1.29, 1.82) is 0 Å². The number of carbonyl (C=O) groups is 1. The van der Waals surface area contributed by atoms with Crippen LogP contribution in [0.2, 0.25) is 5.02 Å². The zero-order valence-corrected chi connectivity index (χ0v) is 17.3. The van der Waals surface area contributed by atoms with Gasteiger partial charge in [-0.1, -0.05) is 29.8 Å². The van der Waals surface area contributed by atoms with Crippen molar-refractivity contribution in [3.63, 3.8) is 0 Å². The van der Waals surface area contributed by atoms with Crippen LogP contribution in [0.5, 0.6) is 5.75 Å². The van der Waals surface area contributed by atoms with Gasteiger partial charge in [0, 0.05) is 30.4 Å². The summed E-state index contributed by atoms with van der Waals surface area (Å²) >= 11 is 6.44. The molecule has 2 aromatic rings. The molecule has 0 unspecified atom stereocenters. The summed E-state index contributed by atoms with van der Waals surface area (Å²) in [6.07, 6.45) is 0. The fourth-order valence-electron chi connectivity index (χ4n) is 3.47. The summed E-state index contributed by atoms with van der Waals surface area (Å²) in [7, 11) is 1.57. The quantitative estimate of drug-likeness (QED) is 0.725. The average molecular weight is 419 g/mol. The van der Waals surface area contributed by atoms with Crippen LogP contribution in [-0.2, 0) is 20.8 Å². The summed E-state index contributed by atoms with van der Waals surface area (Å²) in [4.78, 5) is 26.2. The Morgan fingerprint density at radius 1 is 1.34 bits per heavy atom. The minimum Gasteiger partial charge on any atom is -0.462 e. The second kappa shape index (κ2) is 8.71. The number of pyridine rings is 1. The van der Waals surface area contributed by atoms with Crippen molar-refractivity contribution in [2.24, 2.45) is 5.73 Å². The zero-order chi connectivity index (χ0) is 21.1. The van der Waals surface area contributed by atoms with Crippen LogP contribution in [0.3, 0.4) is 0 Å². The molecule has 7 nitrogen and oxygen atoms in total. The first kappa shape index (κ1) is 21.0. The Morgan fingerprint density at radius 2 is 2.07 bits per heavy atom. The lowest BCUT2D eigenvalue weighted by Crippen LogP contribution is -2.35. The molecule has 0 saturated heterocycles. The van der Waals surface area contributed by atoms with Crippen molar-refractivity contribution in [2.75, 3.05) is 20.3 Å². The maximum atomic E-state index is 13.4. The first-order chi connectivity index (χ1) is 13.9. The first-order valence-corrected chi connectivity index (χ1v) is 9.60. The number of nitrogens with zero attached hydrogens (tertiary/aromatic N) is 1. The summed E-state index contributed by atoms with van der Waals surface area (Å²) in [6.45, 7) is 4.37. The third-order valence-electron chi connectivity index (χ3n) is 4.80. The van der Waals surface area contributed by atoms with Crippen molar-refractivity contribution < 1.29 is 19.0 Å². The molecule has 0 radical (unpaired) electrons. The molecule has 8 heteroatoms. The highest BCUT2D eigenvalue weighted by molar-refractivity contribution is 6.31.